The molecule has 2 N–H and O–H groups in total. The van der Waals surface area contributed by atoms with E-state index < -0.39 is 22.2 Å². The van der Waals surface area contributed by atoms with Crippen LogP contribution in [0.15, 0.2) is 30.3 Å². The highest BCUT2D eigenvalue weighted by atomic mass is 32.2. The largest absolute Gasteiger partial charge is 0.480 e. The van der Waals surface area contributed by atoms with E-state index in [9.17, 15) is 18.3 Å². The Balaban J connectivity index is 2.06. The number of benzene rings is 1. The summed E-state index contributed by atoms with van der Waals surface area (Å²) in [5.41, 5.74) is 0.780. The third kappa shape index (κ3) is 5.02. The quantitative estimate of drug-likeness (QED) is 0.792. The lowest BCUT2D eigenvalue weighted by molar-refractivity contribution is -0.138. The number of hydrogen-bond donors (Lipinski definition) is 2. The zero-order chi connectivity index (χ0) is 16.9. The number of hydrogen-bond acceptors (Lipinski definition) is 3. The van der Waals surface area contributed by atoms with E-state index in [0.717, 1.165) is 37.7 Å². The van der Waals surface area contributed by atoms with Gasteiger partial charge in [0.25, 0.3) is 10.2 Å². The van der Waals surface area contributed by atoms with Gasteiger partial charge in [-0.3, -0.25) is 4.79 Å². The first kappa shape index (κ1) is 17.9. The van der Waals surface area contributed by atoms with Gasteiger partial charge in [0.1, 0.15) is 6.04 Å². The van der Waals surface area contributed by atoms with Crippen molar-refractivity contribution in [3.05, 3.63) is 35.9 Å². The Morgan fingerprint density at radius 2 is 1.87 bits per heavy atom. The minimum absolute atomic E-state index is 0.0487. The zero-order valence-electron chi connectivity index (χ0n) is 13.3. The molecule has 0 amide bonds. The van der Waals surface area contributed by atoms with Gasteiger partial charge in [-0.1, -0.05) is 49.6 Å². The van der Waals surface area contributed by atoms with Gasteiger partial charge in [-0.15, -0.1) is 0 Å². The fraction of sp³-hybridized carbons (Fsp3) is 0.562. The van der Waals surface area contributed by atoms with Crippen LogP contribution in [0.1, 0.15) is 37.7 Å². The number of carbonyl (C=O) groups is 1. The first-order valence-electron chi connectivity index (χ1n) is 7.92. The van der Waals surface area contributed by atoms with Crippen molar-refractivity contribution < 1.29 is 18.3 Å². The summed E-state index contributed by atoms with van der Waals surface area (Å²) < 4.78 is 28.6. The summed E-state index contributed by atoms with van der Waals surface area (Å²) in [6.07, 6.45) is 4.92. The van der Waals surface area contributed by atoms with Gasteiger partial charge >= 0.3 is 5.97 Å². The maximum Gasteiger partial charge on any atom is 0.322 e. The van der Waals surface area contributed by atoms with E-state index in [4.69, 9.17) is 0 Å². The van der Waals surface area contributed by atoms with Crippen LogP contribution in [-0.2, 0) is 21.4 Å². The van der Waals surface area contributed by atoms with E-state index in [-0.39, 0.29) is 12.5 Å². The Labute approximate surface area is 137 Å². The van der Waals surface area contributed by atoms with Gasteiger partial charge in [0.15, 0.2) is 0 Å². The van der Waals surface area contributed by atoms with Gasteiger partial charge < -0.3 is 5.11 Å². The molecule has 1 saturated carbocycles. The van der Waals surface area contributed by atoms with E-state index in [2.05, 4.69) is 4.72 Å². The molecule has 1 aliphatic rings. The average molecular weight is 340 g/mol. The second-order valence-electron chi connectivity index (χ2n) is 6.01. The predicted molar refractivity (Wildman–Crippen MR) is 88.3 cm³/mol. The van der Waals surface area contributed by atoms with E-state index in [0.29, 0.717) is 0 Å². The molecule has 0 unspecified atom stereocenters. The van der Waals surface area contributed by atoms with Crippen LogP contribution in [0.25, 0.3) is 0 Å². The Kier molecular flexibility index (Phi) is 6.15. The molecule has 0 aliphatic heterocycles. The molecule has 1 aromatic rings. The minimum atomic E-state index is -3.82. The second kappa shape index (κ2) is 7.90. The van der Waals surface area contributed by atoms with Crippen molar-refractivity contribution in [1.82, 2.24) is 9.03 Å². The smallest absolute Gasteiger partial charge is 0.322 e. The molecule has 1 atom stereocenters. The summed E-state index contributed by atoms with van der Waals surface area (Å²) in [4.78, 5) is 11.4. The predicted octanol–water partition coefficient (Wildman–Crippen LogP) is 1.78. The highest BCUT2D eigenvalue weighted by Crippen LogP contribution is 2.23. The molecule has 0 saturated heterocycles. The second-order valence-corrected chi connectivity index (χ2v) is 7.77. The SMILES string of the molecule is CN(C1CCCCC1)S(=O)(=O)N[C@@H](Cc1ccccc1)C(=O)O. The molecular formula is C16H24N2O4S. The van der Waals surface area contributed by atoms with Gasteiger partial charge in [-0.2, -0.15) is 17.4 Å². The Bertz CT molecular complexity index is 612. The average Bonchev–Trinajstić information content (AvgIpc) is 2.55. The van der Waals surface area contributed by atoms with Crippen molar-refractivity contribution in [3.8, 4) is 0 Å². The fourth-order valence-electron chi connectivity index (χ4n) is 2.93. The molecule has 0 spiro atoms. The first-order valence-corrected chi connectivity index (χ1v) is 9.36. The van der Waals surface area contributed by atoms with Gasteiger partial charge in [-0.05, 0) is 24.8 Å². The topological polar surface area (TPSA) is 86.7 Å². The van der Waals surface area contributed by atoms with Crippen molar-refractivity contribution >= 4 is 16.2 Å². The lowest BCUT2D eigenvalue weighted by atomic mass is 9.96. The van der Waals surface area contributed by atoms with Crippen molar-refractivity contribution in [2.45, 2.75) is 50.6 Å². The highest BCUT2D eigenvalue weighted by molar-refractivity contribution is 7.87. The summed E-state index contributed by atoms with van der Waals surface area (Å²) in [5.74, 6) is -1.17. The molecule has 0 aromatic heterocycles. The number of carboxylic acids is 1. The summed E-state index contributed by atoms with van der Waals surface area (Å²) in [6, 6.07) is 7.79. The van der Waals surface area contributed by atoms with Crippen molar-refractivity contribution in [2.75, 3.05) is 7.05 Å². The van der Waals surface area contributed by atoms with Crippen LogP contribution >= 0.6 is 0 Å². The van der Waals surface area contributed by atoms with Crippen LogP contribution in [0.2, 0.25) is 0 Å². The standard InChI is InChI=1S/C16H24N2O4S/c1-18(14-10-6-3-7-11-14)23(21,22)17-15(16(19)20)12-13-8-4-2-5-9-13/h2,4-5,8-9,14-15,17H,3,6-7,10-12H2,1H3,(H,19,20)/t15-/m0/s1. The molecule has 6 nitrogen and oxygen atoms in total. The van der Waals surface area contributed by atoms with Crippen LogP contribution in [0.5, 0.6) is 0 Å². The molecular weight excluding hydrogens is 316 g/mol. The molecule has 7 heteroatoms. The maximum atomic E-state index is 12.5. The molecule has 1 aliphatic carbocycles. The molecule has 2 rings (SSSR count). The molecule has 0 radical (unpaired) electrons. The third-order valence-corrected chi connectivity index (χ3v) is 5.98. The number of rotatable bonds is 7. The Hall–Kier alpha value is -1.44. The summed E-state index contributed by atoms with van der Waals surface area (Å²) in [5, 5.41) is 9.34. The monoisotopic (exact) mass is 340 g/mol. The Morgan fingerprint density at radius 1 is 1.26 bits per heavy atom. The van der Waals surface area contributed by atoms with Crippen LogP contribution in [-0.4, -0.2) is 42.9 Å². The lowest BCUT2D eigenvalue weighted by Gasteiger charge is -2.31. The molecule has 128 valence electrons. The first-order chi connectivity index (χ1) is 10.9. The fourth-order valence-corrected chi connectivity index (χ4v) is 4.25. The van der Waals surface area contributed by atoms with Gasteiger partial charge in [0.05, 0.1) is 0 Å². The van der Waals surface area contributed by atoms with Crippen molar-refractivity contribution in [1.29, 1.82) is 0 Å². The summed E-state index contributed by atoms with van der Waals surface area (Å²) >= 11 is 0. The van der Waals surface area contributed by atoms with Crippen LogP contribution < -0.4 is 4.72 Å². The lowest BCUT2D eigenvalue weighted by Crippen LogP contribution is -2.51. The van der Waals surface area contributed by atoms with Crippen LogP contribution in [0.3, 0.4) is 0 Å². The van der Waals surface area contributed by atoms with Crippen LogP contribution in [0, 0.1) is 0 Å². The van der Waals surface area contributed by atoms with E-state index in [1.54, 1.807) is 24.3 Å². The summed E-state index contributed by atoms with van der Waals surface area (Å²) in [7, 11) is -2.29. The van der Waals surface area contributed by atoms with Gasteiger partial charge in [0.2, 0.25) is 0 Å². The minimum Gasteiger partial charge on any atom is -0.480 e. The van der Waals surface area contributed by atoms with Crippen molar-refractivity contribution in [3.63, 3.8) is 0 Å². The third-order valence-electron chi connectivity index (χ3n) is 4.34. The normalized spacial score (nSPS) is 18.0. The van der Waals surface area contributed by atoms with Gasteiger partial charge in [0, 0.05) is 13.1 Å². The van der Waals surface area contributed by atoms with Crippen molar-refractivity contribution in [2.24, 2.45) is 0 Å². The van der Waals surface area contributed by atoms with Crippen LogP contribution in [0.4, 0.5) is 0 Å². The van der Waals surface area contributed by atoms with Gasteiger partial charge in [-0.25, -0.2) is 0 Å². The number of nitrogens with one attached hydrogen (secondary N) is 1. The molecule has 0 bridgehead atoms. The summed E-state index contributed by atoms with van der Waals surface area (Å²) in [6.45, 7) is 0. The molecule has 1 aromatic carbocycles. The number of carboxylic acid groups (broad SMARTS) is 1. The zero-order valence-corrected chi connectivity index (χ0v) is 14.1. The van der Waals surface area contributed by atoms with E-state index in [1.165, 1.54) is 11.4 Å². The molecule has 23 heavy (non-hydrogen) atoms. The molecule has 1 fully saturated rings. The number of aliphatic carboxylic acids is 1. The highest BCUT2D eigenvalue weighted by Gasteiger charge is 2.31. The maximum absolute atomic E-state index is 12.5. The Morgan fingerprint density at radius 3 is 2.43 bits per heavy atom. The van der Waals surface area contributed by atoms with E-state index in [1.807, 2.05) is 6.07 Å². The van der Waals surface area contributed by atoms with E-state index >= 15 is 0 Å². The number of nitrogens with zero attached hydrogens (tertiary/aromatic N) is 1. The molecule has 0 heterocycles.